The van der Waals surface area contributed by atoms with Crippen molar-refractivity contribution in [3.63, 3.8) is 0 Å². The Hall–Kier alpha value is -4.64. The molecular formula is C31H30N6O5. The largest absolute Gasteiger partial charge is 0.497 e. The average molecular weight is 567 g/mol. The summed E-state index contributed by atoms with van der Waals surface area (Å²) in [5.74, 6) is 1.64. The van der Waals surface area contributed by atoms with Gasteiger partial charge in [-0.15, -0.1) is 0 Å². The number of H-pyrrole nitrogens is 1. The Labute approximate surface area is 241 Å². The zero-order valence-electron chi connectivity index (χ0n) is 23.3. The molecule has 4 aromatic rings. The number of methoxy groups -OCH3 is 2. The number of pyridine rings is 1. The first-order chi connectivity index (χ1) is 20.5. The number of amides is 2. The molecule has 4 aliphatic rings. The summed E-state index contributed by atoms with van der Waals surface area (Å²) >= 11 is 0. The Kier molecular flexibility index (Phi) is 5.49. The number of hydrogen-bond acceptors (Lipinski definition) is 8. The zero-order chi connectivity index (χ0) is 28.6. The fourth-order valence-corrected chi connectivity index (χ4v) is 6.93. The molecule has 214 valence electrons. The monoisotopic (exact) mass is 566 g/mol. The summed E-state index contributed by atoms with van der Waals surface area (Å²) in [6.07, 6.45) is 2.96. The first-order valence-electron chi connectivity index (χ1n) is 14.2. The number of carbonyl (C=O) groups excluding carboxylic acids is 2. The zero-order valence-corrected chi connectivity index (χ0v) is 23.3. The van der Waals surface area contributed by atoms with Crippen molar-refractivity contribution in [2.24, 2.45) is 0 Å². The van der Waals surface area contributed by atoms with Crippen LogP contribution in [0.5, 0.6) is 11.6 Å². The van der Waals surface area contributed by atoms with Gasteiger partial charge >= 0.3 is 0 Å². The van der Waals surface area contributed by atoms with Crippen molar-refractivity contribution in [1.29, 1.82) is 0 Å². The topological polar surface area (TPSA) is 131 Å². The van der Waals surface area contributed by atoms with Crippen molar-refractivity contribution >= 4 is 39.9 Å². The first kappa shape index (κ1) is 25.1. The number of morpholine rings is 1. The van der Waals surface area contributed by atoms with Gasteiger partial charge in [-0.05, 0) is 72.9 Å². The van der Waals surface area contributed by atoms with Gasteiger partial charge in [-0.1, -0.05) is 6.07 Å². The molecule has 5 heterocycles. The van der Waals surface area contributed by atoms with E-state index in [2.05, 4.69) is 37.9 Å². The van der Waals surface area contributed by atoms with E-state index in [9.17, 15) is 9.59 Å². The number of fused-ring (bicyclic) bond motifs is 5. The maximum atomic E-state index is 13.2. The first-order valence-corrected chi connectivity index (χ1v) is 14.2. The predicted octanol–water partition coefficient (Wildman–Crippen LogP) is 4.10. The molecule has 1 saturated carbocycles. The molecular weight excluding hydrogens is 536 g/mol. The molecule has 0 radical (unpaired) electrons. The number of nitrogens with zero attached hydrogens (tertiary/aromatic N) is 3. The van der Waals surface area contributed by atoms with Crippen LogP contribution in [-0.4, -0.2) is 71.4 Å². The van der Waals surface area contributed by atoms with Gasteiger partial charge in [-0.25, -0.2) is 4.98 Å². The van der Waals surface area contributed by atoms with Gasteiger partial charge in [0.25, 0.3) is 5.91 Å². The van der Waals surface area contributed by atoms with Crippen LogP contribution in [0.15, 0.2) is 48.5 Å². The molecule has 42 heavy (non-hydrogen) atoms. The van der Waals surface area contributed by atoms with E-state index >= 15 is 0 Å². The second kappa shape index (κ2) is 9.18. The molecule has 11 heteroatoms. The highest BCUT2D eigenvalue weighted by atomic mass is 16.5. The third-order valence-corrected chi connectivity index (χ3v) is 9.17. The van der Waals surface area contributed by atoms with E-state index in [1.54, 1.807) is 19.2 Å². The van der Waals surface area contributed by atoms with Crippen molar-refractivity contribution in [2.75, 3.05) is 37.9 Å². The van der Waals surface area contributed by atoms with E-state index in [-0.39, 0.29) is 29.9 Å². The highest BCUT2D eigenvalue weighted by Crippen LogP contribution is 2.65. The lowest BCUT2D eigenvalue weighted by molar-refractivity contribution is -0.118. The number of nitrogens with one attached hydrogen (secondary N) is 3. The lowest BCUT2D eigenvalue weighted by Crippen LogP contribution is -2.46. The third-order valence-electron chi connectivity index (χ3n) is 9.17. The van der Waals surface area contributed by atoms with E-state index in [0.717, 1.165) is 52.7 Å². The van der Waals surface area contributed by atoms with Gasteiger partial charge < -0.3 is 29.7 Å². The highest BCUT2D eigenvalue weighted by molar-refractivity contribution is 6.10. The normalized spacial score (nSPS) is 25.4. The fraction of sp³-hybridized carbons (Fsp3) is 0.355. The SMILES string of the molecule is COc1ccc2c(c1)[C@]1(C[C@H]1c1ccc3c(Nc4ccc(C(=O)N5CC6CCC(C5)O6)nc4OC)n[nH]c3c1)C(=O)N2. The number of aromatic amines is 1. The lowest BCUT2D eigenvalue weighted by Gasteiger charge is -2.31. The van der Waals surface area contributed by atoms with Crippen molar-refractivity contribution in [3.8, 4) is 11.6 Å². The summed E-state index contributed by atoms with van der Waals surface area (Å²) in [7, 11) is 3.17. The molecule has 3 N–H and O–H groups in total. The Morgan fingerprint density at radius 3 is 2.69 bits per heavy atom. The molecule has 2 saturated heterocycles. The van der Waals surface area contributed by atoms with Gasteiger partial charge in [0.15, 0.2) is 5.82 Å². The summed E-state index contributed by atoms with van der Waals surface area (Å²) in [4.78, 5) is 32.6. The second-order valence-electron chi connectivity index (χ2n) is 11.5. The number of ether oxygens (including phenoxy) is 3. The van der Waals surface area contributed by atoms with Crippen LogP contribution >= 0.6 is 0 Å². The highest BCUT2D eigenvalue weighted by Gasteiger charge is 2.65. The van der Waals surface area contributed by atoms with E-state index in [1.165, 1.54) is 7.11 Å². The maximum Gasteiger partial charge on any atom is 0.272 e. The van der Waals surface area contributed by atoms with E-state index in [4.69, 9.17) is 14.2 Å². The maximum absolute atomic E-state index is 13.2. The van der Waals surface area contributed by atoms with Crippen molar-refractivity contribution in [1.82, 2.24) is 20.1 Å². The third kappa shape index (κ3) is 3.76. The number of benzene rings is 2. The van der Waals surface area contributed by atoms with Crippen LogP contribution in [0.25, 0.3) is 10.9 Å². The van der Waals surface area contributed by atoms with Gasteiger partial charge in [0, 0.05) is 30.1 Å². The summed E-state index contributed by atoms with van der Waals surface area (Å²) in [6, 6.07) is 15.4. The predicted molar refractivity (Wildman–Crippen MR) is 155 cm³/mol. The van der Waals surface area contributed by atoms with Crippen LogP contribution in [0.4, 0.5) is 17.2 Å². The molecule has 4 atom stereocenters. The number of carbonyl (C=O) groups is 2. The van der Waals surface area contributed by atoms with Crippen molar-refractivity contribution in [3.05, 3.63) is 65.4 Å². The van der Waals surface area contributed by atoms with E-state index in [1.807, 2.05) is 29.2 Å². The molecule has 2 aromatic heterocycles. The van der Waals surface area contributed by atoms with Gasteiger partial charge in [0.1, 0.15) is 17.1 Å². The number of anilines is 3. The number of likely N-dealkylation sites (tertiary alicyclic amines) is 1. The molecule has 1 aliphatic carbocycles. The van der Waals surface area contributed by atoms with Crippen LogP contribution in [0.3, 0.4) is 0 Å². The quantitative estimate of drug-likeness (QED) is 0.318. The smallest absolute Gasteiger partial charge is 0.272 e. The minimum Gasteiger partial charge on any atom is -0.497 e. The molecule has 11 nitrogen and oxygen atoms in total. The van der Waals surface area contributed by atoms with Crippen LogP contribution in [0, 0.1) is 0 Å². The van der Waals surface area contributed by atoms with Crippen molar-refractivity contribution in [2.45, 2.75) is 42.8 Å². The molecule has 1 spiro atoms. The summed E-state index contributed by atoms with van der Waals surface area (Å²) in [6.45, 7) is 1.18. The second-order valence-corrected chi connectivity index (χ2v) is 11.5. The van der Waals surface area contributed by atoms with Gasteiger partial charge in [0.05, 0.1) is 37.4 Å². The minimum atomic E-state index is -0.572. The standard InChI is InChI=1S/C31H30N6O5/c1-40-17-6-8-23-21(12-17)31(30(39)34-23)13-22(31)16-3-7-20-26(11-16)35-36-27(20)32-24-9-10-25(33-28(24)41-2)29(38)37-14-18-4-5-19(15-37)42-18/h3,6-12,18-19,22H,4-5,13-15H2,1-2H3,(H,34,39)(H2,32,35,36)/t18?,19?,22-,31-/m0/s1. The number of aromatic nitrogens is 3. The van der Waals surface area contributed by atoms with Gasteiger partial charge in [-0.3, -0.25) is 14.7 Å². The molecule has 2 bridgehead atoms. The molecule has 3 aliphatic heterocycles. The minimum absolute atomic E-state index is 0.0327. The molecule has 2 unspecified atom stereocenters. The Morgan fingerprint density at radius 2 is 1.90 bits per heavy atom. The summed E-state index contributed by atoms with van der Waals surface area (Å²) in [5, 5.41) is 14.9. The molecule has 8 rings (SSSR count). The summed E-state index contributed by atoms with van der Waals surface area (Å²) < 4.78 is 16.8. The van der Waals surface area contributed by atoms with Crippen LogP contribution in [0.2, 0.25) is 0 Å². The van der Waals surface area contributed by atoms with Crippen LogP contribution < -0.4 is 20.1 Å². The Balaban J connectivity index is 1.03. The number of rotatable bonds is 6. The van der Waals surface area contributed by atoms with Gasteiger partial charge in [-0.2, -0.15) is 5.10 Å². The average Bonchev–Trinajstić information content (AvgIpc) is 3.39. The lowest BCUT2D eigenvalue weighted by atomic mass is 9.91. The van der Waals surface area contributed by atoms with Crippen molar-refractivity contribution < 1.29 is 23.8 Å². The van der Waals surface area contributed by atoms with Crippen LogP contribution in [-0.2, 0) is 14.9 Å². The molecule has 3 fully saturated rings. The van der Waals surface area contributed by atoms with Gasteiger partial charge in [0.2, 0.25) is 11.8 Å². The Bertz CT molecular complexity index is 1760. The molecule has 2 amide bonds. The number of hydrogen-bond donors (Lipinski definition) is 3. The molecule has 2 aromatic carbocycles. The Morgan fingerprint density at radius 1 is 1.07 bits per heavy atom. The van der Waals surface area contributed by atoms with Crippen LogP contribution in [0.1, 0.15) is 46.8 Å². The van der Waals surface area contributed by atoms with E-state index < -0.39 is 5.41 Å². The summed E-state index contributed by atoms with van der Waals surface area (Å²) in [5.41, 5.74) is 4.13. The van der Waals surface area contributed by atoms with E-state index in [0.29, 0.717) is 36.2 Å². The fourth-order valence-electron chi connectivity index (χ4n) is 6.93.